The molecule has 0 radical (unpaired) electrons. The summed E-state index contributed by atoms with van der Waals surface area (Å²) in [4.78, 5) is 4.40. The highest BCUT2D eigenvalue weighted by molar-refractivity contribution is 7.89. The zero-order chi connectivity index (χ0) is 16.6. The number of hydrazine groups is 1. The summed E-state index contributed by atoms with van der Waals surface area (Å²) < 4.78 is 27.0. The number of benzene rings is 1. The Labute approximate surface area is 142 Å². The average molecular weight is 346 g/mol. The molecule has 2 aliphatic rings. The fourth-order valence-electron chi connectivity index (χ4n) is 3.72. The number of hydrogen-bond acceptors (Lipinski definition) is 5. The van der Waals surface area contributed by atoms with Crippen LogP contribution in [0.4, 0.5) is 0 Å². The molecule has 0 saturated carbocycles. The van der Waals surface area contributed by atoms with Gasteiger partial charge in [-0.1, -0.05) is 18.2 Å². The van der Waals surface area contributed by atoms with Gasteiger partial charge in [0.1, 0.15) is 5.25 Å². The summed E-state index contributed by atoms with van der Waals surface area (Å²) in [7, 11) is -3.21. The van der Waals surface area contributed by atoms with E-state index in [4.69, 9.17) is 0 Å². The van der Waals surface area contributed by atoms with E-state index >= 15 is 0 Å². The van der Waals surface area contributed by atoms with E-state index in [0.29, 0.717) is 32.1 Å². The molecule has 24 heavy (non-hydrogen) atoms. The lowest BCUT2D eigenvalue weighted by Gasteiger charge is -2.20. The molecule has 128 valence electrons. The predicted octanol–water partition coefficient (Wildman–Crippen LogP) is 0.905. The molecule has 0 bridgehead atoms. The summed E-state index contributed by atoms with van der Waals surface area (Å²) in [5, 5.41) is 0.823. The molecular formula is C17H22N4O2S. The minimum Gasteiger partial charge on any atom is -0.256 e. The molecule has 0 spiro atoms. The van der Waals surface area contributed by atoms with Gasteiger partial charge in [0, 0.05) is 37.8 Å². The van der Waals surface area contributed by atoms with Crippen LogP contribution in [0.2, 0.25) is 0 Å². The van der Waals surface area contributed by atoms with Gasteiger partial charge in [-0.15, -0.1) is 0 Å². The zero-order valence-electron chi connectivity index (χ0n) is 13.5. The van der Waals surface area contributed by atoms with Crippen LogP contribution >= 0.6 is 0 Å². The van der Waals surface area contributed by atoms with E-state index in [2.05, 4.69) is 28.0 Å². The Morgan fingerprint density at radius 3 is 2.83 bits per heavy atom. The smallest absolute Gasteiger partial charge is 0.219 e. The van der Waals surface area contributed by atoms with E-state index in [-0.39, 0.29) is 5.25 Å². The van der Waals surface area contributed by atoms with E-state index in [1.807, 2.05) is 18.2 Å². The molecule has 2 aromatic rings. The van der Waals surface area contributed by atoms with Crippen molar-refractivity contribution in [1.29, 1.82) is 0 Å². The Bertz CT molecular complexity index is 828. The monoisotopic (exact) mass is 346 g/mol. The second-order valence-electron chi connectivity index (χ2n) is 6.63. The second kappa shape index (κ2) is 6.40. The Morgan fingerprint density at radius 1 is 1.17 bits per heavy atom. The van der Waals surface area contributed by atoms with Gasteiger partial charge in [0.15, 0.2) is 0 Å². The third kappa shape index (κ3) is 2.93. The number of rotatable bonds is 4. The molecule has 7 heteroatoms. The Balaban J connectivity index is 1.49. The predicted molar refractivity (Wildman–Crippen MR) is 93.8 cm³/mol. The maximum atomic E-state index is 12.7. The van der Waals surface area contributed by atoms with Crippen molar-refractivity contribution in [3.8, 4) is 0 Å². The molecule has 4 rings (SSSR count). The first kappa shape index (κ1) is 16.0. The number of pyridine rings is 1. The molecule has 2 N–H and O–H groups in total. The number of fused-ring (bicyclic) bond motifs is 1. The summed E-state index contributed by atoms with van der Waals surface area (Å²) in [5.74, 6) is 0.368. The maximum absolute atomic E-state index is 12.7. The van der Waals surface area contributed by atoms with Gasteiger partial charge < -0.3 is 0 Å². The van der Waals surface area contributed by atoms with Gasteiger partial charge in [-0.3, -0.25) is 15.8 Å². The molecule has 1 unspecified atom stereocenters. The second-order valence-corrected chi connectivity index (χ2v) is 8.85. The largest absolute Gasteiger partial charge is 0.256 e. The average Bonchev–Trinajstić information content (AvgIpc) is 3.28. The fraction of sp³-hybridized carbons (Fsp3) is 0.471. The lowest BCUT2D eigenvalue weighted by molar-refractivity contribution is 0.449. The van der Waals surface area contributed by atoms with Crippen LogP contribution in [0.25, 0.3) is 10.9 Å². The van der Waals surface area contributed by atoms with Crippen molar-refractivity contribution in [2.45, 2.75) is 18.1 Å². The number of nitrogens with zero attached hydrogens (tertiary/aromatic N) is 2. The number of nitrogens with one attached hydrogen (secondary N) is 2. The molecular weight excluding hydrogens is 324 g/mol. The zero-order valence-corrected chi connectivity index (χ0v) is 14.3. The van der Waals surface area contributed by atoms with Gasteiger partial charge in [-0.25, -0.2) is 12.7 Å². The van der Waals surface area contributed by atoms with Crippen molar-refractivity contribution >= 4 is 20.9 Å². The summed E-state index contributed by atoms with van der Waals surface area (Å²) in [6.45, 7) is 2.22. The Kier molecular flexibility index (Phi) is 4.26. The Hall–Kier alpha value is -1.54. The minimum absolute atomic E-state index is 0.349. The van der Waals surface area contributed by atoms with E-state index in [1.54, 1.807) is 10.5 Å². The molecule has 0 amide bonds. The molecule has 1 aromatic heterocycles. The van der Waals surface area contributed by atoms with E-state index in [1.165, 1.54) is 10.9 Å². The lowest BCUT2D eigenvalue weighted by atomic mass is 9.96. The van der Waals surface area contributed by atoms with Crippen LogP contribution < -0.4 is 10.9 Å². The van der Waals surface area contributed by atoms with Crippen LogP contribution in [0, 0.1) is 5.92 Å². The highest BCUT2D eigenvalue weighted by Gasteiger charge is 2.38. The highest BCUT2D eigenvalue weighted by Crippen LogP contribution is 2.27. The van der Waals surface area contributed by atoms with Crippen LogP contribution in [-0.2, 0) is 16.4 Å². The van der Waals surface area contributed by atoms with Crippen LogP contribution in [-0.4, -0.2) is 49.1 Å². The van der Waals surface area contributed by atoms with E-state index in [0.717, 1.165) is 18.4 Å². The molecule has 2 aliphatic heterocycles. The van der Waals surface area contributed by atoms with Gasteiger partial charge in [0.25, 0.3) is 0 Å². The fourth-order valence-corrected chi connectivity index (χ4v) is 5.50. The quantitative estimate of drug-likeness (QED) is 0.861. The molecule has 1 atom stereocenters. The highest BCUT2D eigenvalue weighted by atomic mass is 32.2. The van der Waals surface area contributed by atoms with E-state index < -0.39 is 10.0 Å². The van der Waals surface area contributed by atoms with Gasteiger partial charge in [0.2, 0.25) is 10.0 Å². The maximum Gasteiger partial charge on any atom is 0.219 e. The number of aromatic nitrogens is 1. The molecule has 6 nitrogen and oxygen atoms in total. The van der Waals surface area contributed by atoms with Crippen LogP contribution in [0.1, 0.15) is 12.0 Å². The molecule has 1 aromatic carbocycles. The van der Waals surface area contributed by atoms with Crippen LogP contribution in [0.15, 0.2) is 36.5 Å². The molecule has 2 saturated heterocycles. The summed E-state index contributed by atoms with van der Waals surface area (Å²) in [6, 6.07) is 10.2. The van der Waals surface area contributed by atoms with Gasteiger partial charge in [-0.2, -0.15) is 0 Å². The van der Waals surface area contributed by atoms with E-state index in [9.17, 15) is 8.42 Å². The SMILES string of the molecule is O=S(=O)(C1CNNC1)N1CCC(Cc2cccc3ncccc23)C1. The van der Waals surface area contributed by atoms with Crippen molar-refractivity contribution in [2.75, 3.05) is 26.2 Å². The van der Waals surface area contributed by atoms with Crippen molar-refractivity contribution in [1.82, 2.24) is 20.1 Å². The van der Waals surface area contributed by atoms with Crippen molar-refractivity contribution < 1.29 is 8.42 Å². The Morgan fingerprint density at radius 2 is 2.00 bits per heavy atom. The first-order valence-corrected chi connectivity index (χ1v) is 9.92. The van der Waals surface area contributed by atoms with Crippen LogP contribution in [0.3, 0.4) is 0 Å². The van der Waals surface area contributed by atoms with Gasteiger partial charge >= 0.3 is 0 Å². The van der Waals surface area contributed by atoms with Crippen molar-refractivity contribution in [3.63, 3.8) is 0 Å². The number of sulfonamides is 1. The molecule has 3 heterocycles. The van der Waals surface area contributed by atoms with Crippen LogP contribution in [0.5, 0.6) is 0 Å². The summed E-state index contributed by atoms with van der Waals surface area (Å²) >= 11 is 0. The topological polar surface area (TPSA) is 74.3 Å². The first-order valence-electron chi connectivity index (χ1n) is 8.42. The molecule has 0 aliphatic carbocycles. The standard InChI is InChI=1S/C17H22N4O2S/c22-24(23,15-10-19-20-11-15)21-8-6-13(12-21)9-14-3-1-5-17-16(14)4-2-7-18-17/h1-5,7,13,15,19-20H,6,8-12H2. The minimum atomic E-state index is -3.21. The van der Waals surface area contributed by atoms with Crippen molar-refractivity contribution in [2.24, 2.45) is 5.92 Å². The third-order valence-electron chi connectivity index (χ3n) is 5.06. The van der Waals surface area contributed by atoms with Crippen molar-refractivity contribution in [3.05, 3.63) is 42.1 Å². The summed E-state index contributed by atoms with van der Waals surface area (Å²) in [5.41, 5.74) is 8.08. The van der Waals surface area contributed by atoms with Gasteiger partial charge in [0.05, 0.1) is 5.52 Å². The molecule has 2 fully saturated rings. The first-order chi connectivity index (χ1) is 11.6. The number of hydrogen-bond donors (Lipinski definition) is 2. The third-order valence-corrected chi connectivity index (χ3v) is 7.29. The normalized spacial score (nSPS) is 23.2. The lowest BCUT2D eigenvalue weighted by Crippen LogP contribution is -2.40. The summed E-state index contributed by atoms with van der Waals surface area (Å²) in [6.07, 6.45) is 3.62. The van der Waals surface area contributed by atoms with Gasteiger partial charge in [-0.05, 0) is 36.5 Å².